The van der Waals surface area contributed by atoms with E-state index in [0.29, 0.717) is 95.9 Å². The Morgan fingerprint density at radius 3 is 0.752 bits per heavy atom. The Morgan fingerprint density at radius 2 is 0.533 bits per heavy atom. The van der Waals surface area contributed by atoms with E-state index in [1.54, 1.807) is 24.3 Å². The fourth-order valence-electron chi connectivity index (χ4n) is 27.2. The van der Waals surface area contributed by atoms with Crippen molar-refractivity contribution in [2.24, 2.45) is 10.8 Å². The smallest absolute Gasteiger partial charge is 0.151 e. The van der Waals surface area contributed by atoms with Crippen LogP contribution in [0, 0.1) is 36.3 Å². The molecule has 137 heavy (non-hydrogen) atoms. The van der Waals surface area contributed by atoms with Gasteiger partial charge in [-0.1, -0.05) is 467 Å². The van der Waals surface area contributed by atoms with E-state index in [9.17, 15) is 10.2 Å². The molecular weight excluding hydrogens is 1740 g/mol. The number of fused-ring (bicyclic) bond motifs is 6. The van der Waals surface area contributed by atoms with Crippen LogP contribution in [0.4, 0.5) is 8.78 Å². The monoisotopic (exact) mass is 1940 g/mol. The molecular formula is C125H192F2N2O4Si4. The van der Waals surface area contributed by atoms with Gasteiger partial charge in [-0.2, -0.15) is 0 Å². The van der Waals surface area contributed by atoms with Gasteiger partial charge in [0.25, 0.3) is 0 Å². The molecule has 10 aromatic rings. The molecule has 0 saturated heterocycles. The van der Waals surface area contributed by atoms with Crippen molar-refractivity contribution in [3.8, 4) is 56.6 Å². The first kappa shape index (κ1) is 112. The number of halogens is 2. The molecule has 756 valence electrons. The first-order valence-corrected chi connectivity index (χ1v) is 64.9. The summed E-state index contributed by atoms with van der Waals surface area (Å²) in [5, 5.41) is 39.6. The zero-order valence-corrected chi connectivity index (χ0v) is 96.9. The topological polar surface area (TPSA) is 68.8 Å². The summed E-state index contributed by atoms with van der Waals surface area (Å²) in [5.41, 5.74) is 13.3. The van der Waals surface area contributed by atoms with Crippen LogP contribution in [0.1, 0.15) is 403 Å². The van der Waals surface area contributed by atoms with Crippen LogP contribution < -0.4 is 30.2 Å². The van der Waals surface area contributed by atoms with E-state index in [1.807, 2.05) is 26.0 Å². The van der Waals surface area contributed by atoms with Gasteiger partial charge in [-0.15, -0.1) is 0 Å². The predicted molar refractivity (Wildman–Crippen MR) is 610 cm³/mol. The summed E-state index contributed by atoms with van der Waals surface area (Å²) in [6.07, 6.45) is 31.8. The molecule has 10 rings (SSSR count). The van der Waals surface area contributed by atoms with Gasteiger partial charge in [0.05, 0.1) is 67.6 Å². The van der Waals surface area contributed by atoms with Crippen molar-refractivity contribution in [2.75, 3.05) is 13.2 Å². The lowest BCUT2D eigenvalue weighted by molar-refractivity contribution is 0.229. The van der Waals surface area contributed by atoms with Gasteiger partial charge < -0.3 is 28.8 Å². The van der Waals surface area contributed by atoms with Crippen LogP contribution in [0.2, 0.25) is 68.5 Å². The lowest BCUT2D eigenvalue weighted by Crippen LogP contribution is -2.53. The van der Waals surface area contributed by atoms with Crippen LogP contribution in [0.25, 0.3) is 77.2 Å². The third-order valence-corrected chi connectivity index (χ3v) is 60.2. The summed E-state index contributed by atoms with van der Waals surface area (Å²) < 4.78 is 54.5. The summed E-state index contributed by atoms with van der Waals surface area (Å²) in [7, 11) is -9.44. The van der Waals surface area contributed by atoms with Crippen molar-refractivity contribution in [3.63, 3.8) is 0 Å². The molecule has 2 N–H and O–H groups in total. The minimum Gasteiger partial charge on any atom is -0.505 e. The second-order valence-corrected chi connectivity index (χ2v) is 71.3. The van der Waals surface area contributed by atoms with Crippen molar-refractivity contribution in [2.45, 2.75) is 474 Å². The molecule has 2 heterocycles. The average Bonchev–Trinajstić information content (AvgIpc) is 1.58. The van der Waals surface area contributed by atoms with Gasteiger partial charge >= 0.3 is 0 Å². The second-order valence-electron chi connectivity index (χ2n) is 49.4. The number of hydrogen-bond donors (Lipinski definition) is 2. The quantitative estimate of drug-likeness (QED) is 0.0294. The van der Waals surface area contributed by atoms with Crippen molar-refractivity contribution >= 4 is 96.7 Å². The van der Waals surface area contributed by atoms with Gasteiger partial charge in [-0.3, -0.25) is 0 Å². The van der Waals surface area contributed by atoms with Crippen LogP contribution >= 0.6 is 0 Å². The lowest BCUT2D eigenvalue weighted by atomic mass is 9.71. The number of aromatic nitrogens is 2. The van der Waals surface area contributed by atoms with E-state index < -0.39 is 43.1 Å². The van der Waals surface area contributed by atoms with Gasteiger partial charge in [0.2, 0.25) is 0 Å². The Hall–Kier alpha value is -6.71. The molecule has 0 bridgehead atoms. The van der Waals surface area contributed by atoms with Crippen LogP contribution in [-0.2, 0) is 10.8 Å². The summed E-state index contributed by atoms with van der Waals surface area (Å²) in [5.74, 6) is 0.650. The molecule has 0 spiro atoms. The number of ether oxygens (including phenoxy) is 2. The number of hydrogen-bond acceptors (Lipinski definition) is 4. The number of benzene rings is 8. The number of unbranched alkanes of at least 4 members (excludes halogenated alkanes) is 20. The van der Waals surface area contributed by atoms with Crippen LogP contribution in [0.15, 0.2) is 121 Å². The predicted octanol–water partition coefficient (Wildman–Crippen LogP) is 38.1. The Bertz CT molecular complexity index is 4990. The standard InChI is InChI=1S/C125H192F2N2O4Si4/c1-33-37-41-45-49-53-68-134(86(5)6,87(7)8)100-58-62-104-105-63-59-101(135(88(9)10,89(11)12)69-54-50-46-42-38-34-2)79-113(105)128(112(104)78-100)116-118(130)108(96-72-94(21)74-98(126)76-96)82-110(124(29,30)84-122(23,24)25)120(116)132-66-57-67-133-121-111(125(31,32)85-123(26,27)28)83-109(97-73-95(22)75-99(127)77-97)119(131)117(121)129-114-80-102(136(90(13)14,91(15)16)70-55-51-47-43-39-35-3)60-64-106(114)107-65-61-103(81-115(107)129)137(92(17)18,93(19)20)71-56-52-48-44-40-36-4/h58-65,72-83,86-93,130-131H,33-57,66-71,84-85H2,1-32H3. The number of aryl methyl sites for hydroxylation is 2. The highest BCUT2D eigenvalue weighted by Gasteiger charge is 2.48. The first-order chi connectivity index (χ1) is 64.6. The van der Waals surface area contributed by atoms with Crippen molar-refractivity contribution in [1.29, 1.82) is 0 Å². The fourth-order valence-corrected chi connectivity index (χ4v) is 50.1. The molecule has 0 aliphatic carbocycles. The molecule has 6 nitrogen and oxygen atoms in total. The third kappa shape index (κ3) is 25.0. The summed E-state index contributed by atoms with van der Waals surface area (Å²) in [6, 6.07) is 50.0. The maximum atomic E-state index is 16.7. The fraction of sp³-hybridized carbons (Fsp3) is 0.616. The van der Waals surface area contributed by atoms with Crippen LogP contribution in [-0.4, -0.2) is 64.9 Å². The van der Waals surface area contributed by atoms with Gasteiger partial charge in [0.15, 0.2) is 23.0 Å². The Balaban J connectivity index is 1.32. The van der Waals surface area contributed by atoms with Gasteiger partial charge in [0, 0.05) is 50.2 Å². The number of aromatic hydroxyl groups is 2. The van der Waals surface area contributed by atoms with E-state index in [0.717, 1.165) is 78.7 Å². The molecule has 0 unspecified atom stereocenters. The molecule has 0 aliphatic heterocycles. The molecule has 8 aromatic carbocycles. The molecule has 0 aliphatic rings. The minimum absolute atomic E-state index is 0.0582. The molecule has 0 fully saturated rings. The van der Waals surface area contributed by atoms with Crippen molar-refractivity contribution in [3.05, 3.63) is 155 Å². The van der Waals surface area contributed by atoms with Crippen molar-refractivity contribution < 1.29 is 28.5 Å². The maximum absolute atomic E-state index is 16.7. The van der Waals surface area contributed by atoms with Crippen molar-refractivity contribution in [1.82, 2.24) is 9.13 Å². The van der Waals surface area contributed by atoms with Gasteiger partial charge in [0.1, 0.15) is 23.0 Å². The molecule has 0 saturated carbocycles. The highest BCUT2D eigenvalue weighted by Crippen LogP contribution is 2.56. The van der Waals surface area contributed by atoms with Crippen LogP contribution in [0.5, 0.6) is 23.0 Å². The number of phenolic OH excluding ortho intramolecular Hbond substituents is 2. The zero-order chi connectivity index (χ0) is 101. The highest BCUT2D eigenvalue weighted by molar-refractivity contribution is 6.96. The highest BCUT2D eigenvalue weighted by atomic mass is 28.3. The average molecular weight is 1940 g/mol. The lowest BCUT2D eigenvalue weighted by Gasteiger charge is -2.40. The normalized spacial score (nSPS) is 13.3. The van der Waals surface area contributed by atoms with E-state index in [2.05, 4.69) is 302 Å². The Morgan fingerprint density at radius 1 is 0.299 bits per heavy atom. The molecule has 2 aromatic heterocycles. The van der Waals surface area contributed by atoms with E-state index in [-0.39, 0.29) is 47.2 Å². The third-order valence-electron chi connectivity index (χ3n) is 33.5. The van der Waals surface area contributed by atoms with E-state index in [1.165, 1.54) is 199 Å². The zero-order valence-electron chi connectivity index (χ0n) is 92.9. The molecule has 0 atom stereocenters. The largest absolute Gasteiger partial charge is 0.505 e. The second kappa shape index (κ2) is 48.1. The molecule has 12 heteroatoms. The molecule has 0 amide bonds. The summed E-state index contributed by atoms with van der Waals surface area (Å²) in [4.78, 5) is 0. The minimum atomic E-state index is -2.36. The SMILES string of the molecule is CCCCCCCC[Si](c1ccc2c3ccc([Si](CCCCCCCC)(C(C)C)C(C)C)cc3n(-c3c(O)c(-c4cc(C)cc(F)c4)cc(C(C)(C)CC(C)(C)C)c3OCCCOc3c(C(C)(C)CC(C)(C)C)cc(-c4cc(C)cc(F)c4)c(O)c3-n3c4cc([Si](CCCCCCCC)(C(C)C)C(C)C)ccc4c4ccc([Si](CCCCCCCC)(C(C)C)C(C)C)cc43)c2c1)(C(C)C)C(C)C. The van der Waals surface area contributed by atoms with Gasteiger partial charge in [-0.25, -0.2) is 8.78 Å². The Labute approximate surface area is 838 Å². The maximum Gasteiger partial charge on any atom is 0.151 e. The molecule has 0 radical (unpaired) electrons. The number of rotatable bonds is 54. The Kier molecular flexibility index (Phi) is 39.4. The number of phenols is 2. The van der Waals surface area contributed by atoms with E-state index in [4.69, 9.17) is 9.47 Å². The number of nitrogens with zero attached hydrogens (tertiary/aromatic N) is 2. The summed E-state index contributed by atoms with van der Waals surface area (Å²) in [6.45, 7) is 77.1. The summed E-state index contributed by atoms with van der Waals surface area (Å²) >= 11 is 0. The van der Waals surface area contributed by atoms with Crippen LogP contribution in [0.3, 0.4) is 0 Å². The van der Waals surface area contributed by atoms with Gasteiger partial charge in [-0.05, 0) is 176 Å². The first-order valence-electron chi connectivity index (χ1n) is 55.4. The van der Waals surface area contributed by atoms with E-state index >= 15 is 8.78 Å².